The average molecular weight is 462 g/mol. The van der Waals surface area contributed by atoms with Crippen LogP contribution in [-0.4, -0.2) is 49.9 Å². The van der Waals surface area contributed by atoms with Gasteiger partial charge >= 0.3 is 0 Å². The minimum atomic E-state index is -3.49. The van der Waals surface area contributed by atoms with Gasteiger partial charge in [0.15, 0.2) is 0 Å². The minimum absolute atomic E-state index is 0.0849. The second-order valence-corrected chi connectivity index (χ2v) is 9.88. The van der Waals surface area contributed by atoms with Gasteiger partial charge < -0.3 is 15.4 Å². The lowest BCUT2D eigenvalue weighted by Crippen LogP contribution is -2.36. The first-order valence-electron chi connectivity index (χ1n) is 9.97. The number of halogens is 1. The highest BCUT2D eigenvalue weighted by atomic mass is 35.5. The smallest absolute Gasteiger partial charge is 0.235 e. The average Bonchev–Trinajstić information content (AvgIpc) is 3.62. The molecule has 10 heteroatoms. The Bertz CT molecular complexity index is 1170. The zero-order valence-electron chi connectivity index (χ0n) is 16.9. The first kappa shape index (κ1) is 21.6. The number of sulfonamides is 1. The van der Waals surface area contributed by atoms with Crippen LogP contribution >= 0.6 is 11.6 Å². The van der Waals surface area contributed by atoms with Crippen molar-refractivity contribution >= 4 is 43.9 Å². The number of allylic oxidation sites excluding steroid dienone is 3. The van der Waals surface area contributed by atoms with Gasteiger partial charge in [-0.15, -0.1) is 0 Å². The summed E-state index contributed by atoms with van der Waals surface area (Å²) in [6.45, 7) is 6.47. The molecule has 4 rings (SSSR count). The number of anilines is 1. The Balaban J connectivity index is 1.71. The van der Waals surface area contributed by atoms with Gasteiger partial charge in [-0.05, 0) is 42.2 Å². The third-order valence-corrected chi connectivity index (χ3v) is 7.30. The molecule has 2 aromatic rings. The van der Waals surface area contributed by atoms with Gasteiger partial charge in [-0.3, -0.25) is 4.72 Å². The highest BCUT2D eigenvalue weighted by Gasteiger charge is 2.36. The molecule has 3 N–H and O–H groups in total. The van der Waals surface area contributed by atoms with E-state index in [1.54, 1.807) is 12.4 Å². The van der Waals surface area contributed by atoms with E-state index in [1.807, 2.05) is 18.2 Å². The van der Waals surface area contributed by atoms with Crippen molar-refractivity contribution in [3.8, 4) is 0 Å². The Labute approximate surface area is 186 Å². The zero-order valence-corrected chi connectivity index (χ0v) is 18.5. The molecule has 164 valence electrons. The number of hydrogen-bond donors (Lipinski definition) is 2. The molecule has 0 bridgehead atoms. The summed E-state index contributed by atoms with van der Waals surface area (Å²) in [7, 11) is -3.49. The fraction of sp³-hybridized carbons (Fsp3) is 0.333. The molecule has 1 saturated carbocycles. The second kappa shape index (κ2) is 8.86. The summed E-state index contributed by atoms with van der Waals surface area (Å²) < 4.78 is 32.7. The molecule has 1 saturated heterocycles. The number of benzene rings is 1. The molecule has 0 unspecified atom stereocenters. The second-order valence-electron chi connectivity index (χ2n) is 7.46. The van der Waals surface area contributed by atoms with Crippen molar-refractivity contribution in [3.63, 3.8) is 0 Å². The summed E-state index contributed by atoms with van der Waals surface area (Å²) >= 11 is 6.09. The van der Waals surface area contributed by atoms with Crippen LogP contribution in [0.25, 0.3) is 16.5 Å². The van der Waals surface area contributed by atoms with Crippen molar-refractivity contribution in [2.24, 2.45) is 5.73 Å². The molecule has 31 heavy (non-hydrogen) atoms. The molecule has 2 heterocycles. The Morgan fingerprint density at radius 2 is 2.03 bits per heavy atom. The quantitative estimate of drug-likeness (QED) is 0.609. The van der Waals surface area contributed by atoms with Gasteiger partial charge in [-0.25, -0.2) is 18.4 Å². The number of nitrogens with one attached hydrogen (secondary N) is 1. The minimum Gasteiger partial charge on any atom is -0.404 e. The molecular weight excluding hydrogens is 438 g/mol. The standard InChI is InChI=1S/C21H24ClN5O3S/c1-14(22)20(26-31(28,29)17-3-4-17)11-16(12-23)15-2-5-19-18(10-15)21(25-13-24-19)27-6-8-30-9-7-27/h2,5,10-13,17,26H,1,3-4,6-9,23H2/b16-12+,20-11+. The van der Waals surface area contributed by atoms with Crippen LogP contribution in [0.2, 0.25) is 0 Å². The van der Waals surface area contributed by atoms with Gasteiger partial charge in [0.2, 0.25) is 10.0 Å². The van der Waals surface area contributed by atoms with Crippen molar-refractivity contribution in [2.75, 3.05) is 31.2 Å². The van der Waals surface area contributed by atoms with E-state index < -0.39 is 10.0 Å². The van der Waals surface area contributed by atoms with Crippen molar-refractivity contribution in [2.45, 2.75) is 18.1 Å². The molecule has 0 atom stereocenters. The van der Waals surface area contributed by atoms with E-state index in [2.05, 4.69) is 26.2 Å². The van der Waals surface area contributed by atoms with E-state index in [0.717, 1.165) is 35.4 Å². The van der Waals surface area contributed by atoms with Gasteiger partial charge in [-0.1, -0.05) is 24.2 Å². The molecule has 8 nitrogen and oxygen atoms in total. The summed E-state index contributed by atoms with van der Waals surface area (Å²) in [5, 5.41) is 0.576. The number of nitrogens with two attached hydrogens (primary N) is 1. The van der Waals surface area contributed by atoms with Gasteiger partial charge in [0.1, 0.15) is 12.1 Å². The number of rotatable bonds is 7. The van der Waals surface area contributed by atoms with Crippen LogP contribution < -0.4 is 15.4 Å². The third kappa shape index (κ3) is 4.84. The fourth-order valence-corrected chi connectivity index (χ4v) is 4.98. The molecule has 1 aliphatic heterocycles. The summed E-state index contributed by atoms with van der Waals surface area (Å²) in [6, 6.07) is 5.70. The largest absolute Gasteiger partial charge is 0.404 e. The monoisotopic (exact) mass is 461 g/mol. The highest BCUT2D eigenvalue weighted by Crippen LogP contribution is 2.31. The van der Waals surface area contributed by atoms with Crippen molar-refractivity contribution < 1.29 is 13.2 Å². The molecule has 0 radical (unpaired) electrons. The van der Waals surface area contributed by atoms with Crippen molar-refractivity contribution in [1.29, 1.82) is 0 Å². The SMILES string of the molecule is C=C(Cl)/C(=C\C(=C/N)c1ccc2ncnc(N3CCOCC3)c2c1)NS(=O)(=O)C1CC1. The van der Waals surface area contributed by atoms with E-state index >= 15 is 0 Å². The number of hydrogen-bond acceptors (Lipinski definition) is 7. The van der Waals surface area contributed by atoms with Crippen LogP contribution in [0.1, 0.15) is 18.4 Å². The number of fused-ring (bicyclic) bond motifs is 1. The maximum absolute atomic E-state index is 12.4. The third-order valence-electron chi connectivity index (χ3n) is 5.25. The first-order chi connectivity index (χ1) is 14.9. The van der Waals surface area contributed by atoms with Crippen LogP contribution in [0.3, 0.4) is 0 Å². The maximum Gasteiger partial charge on any atom is 0.235 e. The zero-order chi connectivity index (χ0) is 22.0. The Morgan fingerprint density at radius 1 is 1.29 bits per heavy atom. The number of aromatic nitrogens is 2. The Kier molecular flexibility index (Phi) is 6.17. The topological polar surface area (TPSA) is 110 Å². The molecule has 0 spiro atoms. The summed E-state index contributed by atoms with van der Waals surface area (Å²) in [5.41, 5.74) is 8.27. The Morgan fingerprint density at radius 3 is 2.68 bits per heavy atom. The predicted octanol–water partition coefficient (Wildman–Crippen LogP) is 2.48. The lowest BCUT2D eigenvalue weighted by atomic mass is 10.0. The Hall–Kier alpha value is -2.62. The molecule has 0 amide bonds. The predicted molar refractivity (Wildman–Crippen MR) is 123 cm³/mol. The fourth-order valence-electron chi connectivity index (χ4n) is 3.41. The molecule has 2 aliphatic rings. The van der Waals surface area contributed by atoms with Crippen LogP contribution in [0, 0.1) is 0 Å². The first-order valence-corrected chi connectivity index (χ1v) is 11.9. The summed E-state index contributed by atoms with van der Waals surface area (Å²) in [5.74, 6) is 0.826. The van der Waals surface area contributed by atoms with Crippen molar-refractivity contribution in [3.05, 3.63) is 59.7 Å². The van der Waals surface area contributed by atoms with Crippen LogP contribution in [0.15, 0.2) is 54.1 Å². The normalized spacial score (nSPS) is 18.3. The maximum atomic E-state index is 12.4. The highest BCUT2D eigenvalue weighted by molar-refractivity contribution is 7.90. The molecular formula is C21H24ClN5O3S. The lowest BCUT2D eigenvalue weighted by molar-refractivity contribution is 0.122. The lowest BCUT2D eigenvalue weighted by Gasteiger charge is -2.28. The van der Waals surface area contributed by atoms with E-state index in [0.29, 0.717) is 31.6 Å². The van der Waals surface area contributed by atoms with Crippen LogP contribution in [0.5, 0.6) is 0 Å². The van der Waals surface area contributed by atoms with E-state index in [1.165, 1.54) is 6.20 Å². The van der Waals surface area contributed by atoms with Crippen LogP contribution in [-0.2, 0) is 14.8 Å². The van der Waals surface area contributed by atoms with Crippen molar-refractivity contribution in [1.82, 2.24) is 14.7 Å². The van der Waals surface area contributed by atoms with E-state index in [4.69, 9.17) is 22.1 Å². The van der Waals surface area contributed by atoms with Gasteiger partial charge in [0, 0.05) is 24.7 Å². The summed E-state index contributed by atoms with van der Waals surface area (Å²) in [6.07, 6.45) is 5.84. The van der Waals surface area contributed by atoms with Gasteiger partial charge in [0.25, 0.3) is 0 Å². The number of ether oxygens (including phenoxy) is 1. The number of nitrogens with zero attached hydrogens (tertiary/aromatic N) is 3. The molecule has 1 aromatic carbocycles. The molecule has 1 aliphatic carbocycles. The number of morpholine rings is 1. The van der Waals surface area contributed by atoms with Gasteiger partial charge in [0.05, 0.1) is 34.7 Å². The molecule has 1 aromatic heterocycles. The van der Waals surface area contributed by atoms with E-state index in [9.17, 15) is 8.42 Å². The summed E-state index contributed by atoms with van der Waals surface area (Å²) in [4.78, 5) is 11.0. The van der Waals surface area contributed by atoms with Gasteiger partial charge in [-0.2, -0.15) is 0 Å². The van der Waals surface area contributed by atoms with Crippen LogP contribution in [0.4, 0.5) is 5.82 Å². The van der Waals surface area contributed by atoms with E-state index in [-0.39, 0.29) is 16.0 Å². The molecule has 2 fully saturated rings.